The summed E-state index contributed by atoms with van der Waals surface area (Å²) in [6.45, 7) is 3.86. The first kappa shape index (κ1) is 13.0. The summed E-state index contributed by atoms with van der Waals surface area (Å²) in [5.74, 6) is 0. The molecule has 20 heavy (non-hydrogen) atoms. The van der Waals surface area contributed by atoms with Crippen molar-refractivity contribution in [1.82, 2.24) is 20.0 Å². The predicted molar refractivity (Wildman–Crippen MR) is 77.9 cm³/mol. The van der Waals surface area contributed by atoms with Crippen molar-refractivity contribution in [2.24, 2.45) is 0 Å². The van der Waals surface area contributed by atoms with Crippen LogP contribution in [0.3, 0.4) is 0 Å². The second-order valence-corrected chi connectivity index (χ2v) is 5.64. The Labute approximate surface area is 120 Å². The third kappa shape index (κ3) is 2.13. The van der Waals surface area contributed by atoms with E-state index in [1.54, 1.807) is 16.0 Å². The van der Waals surface area contributed by atoms with E-state index in [9.17, 15) is 5.11 Å². The lowest BCUT2D eigenvalue weighted by molar-refractivity contribution is 0.277. The highest BCUT2D eigenvalue weighted by Crippen LogP contribution is 2.28. The van der Waals surface area contributed by atoms with Crippen LogP contribution in [0.1, 0.15) is 16.3 Å². The molecule has 0 radical (unpaired) electrons. The van der Waals surface area contributed by atoms with Crippen molar-refractivity contribution < 1.29 is 5.11 Å². The Morgan fingerprint density at radius 1 is 1.20 bits per heavy atom. The Bertz CT molecular complexity index is 713. The fourth-order valence-electron chi connectivity index (χ4n) is 1.98. The monoisotopic (exact) mass is 286 g/mol. The van der Waals surface area contributed by atoms with Gasteiger partial charge in [-0.1, -0.05) is 46.9 Å². The van der Waals surface area contributed by atoms with Gasteiger partial charge in [0.15, 0.2) is 0 Å². The first-order valence-electron chi connectivity index (χ1n) is 6.26. The summed E-state index contributed by atoms with van der Waals surface area (Å²) in [5, 5.41) is 18.4. The zero-order chi connectivity index (χ0) is 14.1. The van der Waals surface area contributed by atoms with E-state index in [-0.39, 0.29) is 6.61 Å². The first-order chi connectivity index (χ1) is 9.70. The number of rotatable bonds is 3. The van der Waals surface area contributed by atoms with Crippen LogP contribution < -0.4 is 0 Å². The lowest BCUT2D eigenvalue weighted by Crippen LogP contribution is -1.99. The lowest BCUT2D eigenvalue weighted by Gasteiger charge is -2.04. The van der Waals surface area contributed by atoms with Crippen molar-refractivity contribution in [2.45, 2.75) is 20.5 Å². The molecule has 0 unspecified atom stereocenters. The molecular weight excluding hydrogens is 272 g/mol. The molecule has 0 atom stereocenters. The van der Waals surface area contributed by atoms with Gasteiger partial charge in [0.05, 0.1) is 12.3 Å². The van der Waals surface area contributed by atoms with Gasteiger partial charge in [0.1, 0.15) is 11.4 Å². The molecule has 0 spiro atoms. The minimum atomic E-state index is -0.145. The second kappa shape index (κ2) is 5.15. The number of aliphatic hydroxyl groups excluding tert-OH is 1. The maximum Gasteiger partial charge on any atom is 0.212 e. The van der Waals surface area contributed by atoms with Crippen LogP contribution in [0.2, 0.25) is 0 Å². The van der Waals surface area contributed by atoms with Gasteiger partial charge in [0.2, 0.25) is 5.13 Å². The van der Waals surface area contributed by atoms with E-state index in [2.05, 4.69) is 15.3 Å². The Morgan fingerprint density at radius 2 is 1.95 bits per heavy atom. The van der Waals surface area contributed by atoms with Gasteiger partial charge in [-0.05, 0) is 13.8 Å². The quantitative estimate of drug-likeness (QED) is 0.803. The number of aliphatic hydroxyl groups is 1. The molecule has 6 heteroatoms. The summed E-state index contributed by atoms with van der Waals surface area (Å²) >= 11 is 1.57. The summed E-state index contributed by atoms with van der Waals surface area (Å²) < 4.78 is 1.70. The molecule has 1 N–H and O–H groups in total. The molecule has 1 aromatic carbocycles. The van der Waals surface area contributed by atoms with Gasteiger partial charge in [-0.15, -0.1) is 5.10 Å². The number of thiazole rings is 1. The van der Waals surface area contributed by atoms with Gasteiger partial charge >= 0.3 is 0 Å². The number of aromatic nitrogens is 4. The van der Waals surface area contributed by atoms with Crippen molar-refractivity contribution in [3.63, 3.8) is 0 Å². The molecule has 5 nitrogen and oxygen atoms in total. The fourth-order valence-corrected chi connectivity index (χ4v) is 2.85. The molecule has 0 saturated carbocycles. The lowest BCUT2D eigenvalue weighted by atomic mass is 10.1. The van der Waals surface area contributed by atoms with Gasteiger partial charge in [0, 0.05) is 10.4 Å². The van der Waals surface area contributed by atoms with Gasteiger partial charge in [-0.2, -0.15) is 4.68 Å². The number of hydrogen-bond donors (Lipinski definition) is 1. The molecule has 0 aliphatic heterocycles. The van der Waals surface area contributed by atoms with E-state index < -0.39 is 0 Å². The van der Waals surface area contributed by atoms with Crippen LogP contribution in [-0.4, -0.2) is 25.1 Å². The zero-order valence-corrected chi connectivity index (χ0v) is 12.1. The maximum atomic E-state index is 9.47. The second-order valence-electron chi connectivity index (χ2n) is 4.46. The van der Waals surface area contributed by atoms with Crippen LogP contribution in [-0.2, 0) is 6.61 Å². The summed E-state index contributed by atoms with van der Waals surface area (Å²) in [4.78, 5) is 5.66. The number of aryl methyl sites for hydroxylation is 2. The Balaban J connectivity index is 2.20. The van der Waals surface area contributed by atoms with Crippen molar-refractivity contribution in [1.29, 1.82) is 0 Å². The molecule has 2 heterocycles. The Hall–Kier alpha value is -2.05. The molecule has 2 aromatic heterocycles. The van der Waals surface area contributed by atoms with Crippen molar-refractivity contribution in [3.8, 4) is 16.4 Å². The standard InChI is InChI=1S/C14H14N4OS/c1-9-10(2)20-14(15-9)18-13(12(8-19)16-17-18)11-6-4-3-5-7-11/h3-7,19H,8H2,1-2H3. The highest BCUT2D eigenvalue weighted by atomic mass is 32.1. The topological polar surface area (TPSA) is 63.8 Å². The highest BCUT2D eigenvalue weighted by Gasteiger charge is 2.18. The molecule has 0 amide bonds. The van der Waals surface area contributed by atoms with Crippen LogP contribution in [0.25, 0.3) is 16.4 Å². The zero-order valence-electron chi connectivity index (χ0n) is 11.2. The van der Waals surface area contributed by atoms with Crippen LogP contribution in [0.15, 0.2) is 30.3 Å². The van der Waals surface area contributed by atoms with E-state index in [4.69, 9.17) is 0 Å². The number of hydrogen-bond acceptors (Lipinski definition) is 5. The summed E-state index contributed by atoms with van der Waals surface area (Å²) in [6.07, 6.45) is 0. The predicted octanol–water partition coefficient (Wildman–Crippen LogP) is 2.50. The maximum absolute atomic E-state index is 9.47. The Morgan fingerprint density at radius 3 is 2.55 bits per heavy atom. The van der Waals surface area contributed by atoms with Crippen LogP contribution in [0, 0.1) is 13.8 Å². The van der Waals surface area contributed by atoms with Crippen molar-refractivity contribution >= 4 is 11.3 Å². The summed E-state index contributed by atoms with van der Waals surface area (Å²) in [6, 6.07) is 9.80. The van der Waals surface area contributed by atoms with Gasteiger partial charge < -0.3 is 5.11 Å². The van der Waals surface area contributed by atoms with E-state index in [1.807, 2.05) is 44.2 Å². The number of nitrogens with zero attached hydrogens (tertiary/aromatic N) is 4. The number of benzene rings is 1. The molecule has 3 rings (SSSR count). The van der Waals surface area contributed by atoms with E-state index in [1.165, 1.54) is 0 Å². The SMILES string of the molecule is Cc1nc(-n2nnc(CO)c2-c2ccccc2)sc1C. The minimum absolute atomic E-state index is 0.145. The van der Waals surface area contributed by atoms with Gasteiger partial charge in [-0.3, -0.25) is 0 Å². The summed E-state index contributed by atoms with van der Waals surface area (Å²) in [7, 11) is 0. The van der Waals surface area contributed by atoms with Crippen molar-refractivity contribution in [2.75, 3.05) is 0 Å². The smallest absolute Gasteiger partial charge is 0.212 e. The first-order valence-corrected chi connectivity index (χ1v) is 7.07. The molecular formula is C14H14N4OS. The van der Waals surface area contributed by atoms with Gasteiger partial charge in [0.25, 0.3) is 0 Å². The normalized spacial score (nSPS) is 10.9. The summed E-state index contributed by atoms with van der Waals surface area (Å²) in [5.41, 5.74) is 3.31. The van der Waals surface area contributed by atoms with Gasteiger partial charge in [-0.25, -0.2) is 4.98 Å². The molecule has 0 saturated heterocycles. The highest BCUT2D eigenvalue weighted by molar-refractivity contribution is 7.14. The third-order valence-electron chi connectivity index (χ3n) is 3.14. The van der Waals surface area contributed by atoms with Crippen LogP contribution in [0.4, 0.5) is 0 Å². The molecule has 0 fully saturated rings. The van der Waals surface area contributed by atoms with Crippen LogP contribution >= 0.6 is 11.3 Å². The van der Waals surface area contributed by atoms with Crippen molar-refractivity contribution in [3.05, 3.63) is 46.6 Å². The van der Waals surface area contributed by atoms with E-state index in [0.29, 0.717) is 5.69 Å². The molecule has 0 bridgehead atoms. The van der Waals surface area contributed by atoms with E-state index in [0.717, 1.165) is 27.0 Å². The average molecular weight is 286 g/mol. The molecule has 3 aromatic rings. The molecule has 0 aliphatic rings. The minimum Gasteiger partial charge on any atom is -0.390 e. The van der Waals surface area contributed by atoms with E-state index >= 15 is 0 Å². The fraction of sp³-hybridized carbons (Fsp3) is 0.214. The molecule has 0 aliphatic carbocycles. The third-order valence-corrected chi connectivity index (χ3v) is 4.18. The largest absolute Gasteiger partial charge is 0.390 e. The molecule has 102 valence electrons. The Kier molecular flexibility index (Phi) is 3.33. The van der Waals surface area contributed by atoms with Crippen LogP contribution in [0.5, 0.6) is 0 Å². The average Bonchev–Trinajstić information content (AvgIpc) is 3.04.